The van der Waals surface area contributed by atoms with Crippen LogP contribution in [0.3, 0.4) is 0 Å². The standard InChI is InChI=1S/C24H25ClFN7O2/c1-13-9-32(11-20(35-13)16-8-27-33(10-16)12-34-4)24-30-21(18-6-5-17(25)7-19(18)26)22-23(31-24)29-15(3)14(2)28-22/h5-8,10,13,20H,9,11-12H2,1-4H3. The first kappa shape index (κ1) is 23.5. The minimum atomic E-state index is -0.484. The molecular formula is C24H25ClFN7O2. The molecule has 3 aromatic heterocycles. The molecule has 1 saturated heterocycles. The Kier molecular flexibility index (Phi) is 6.35. The van der Waals surface area contributed by atoms with Crippen LogP contribution in [-0.4, -0.2) is 56.0 Å². The van der Waals surface area contributed by atoms with E-state index in [9.17, 15) is 4.39 Å². The molecular weight excluding hydrogens is 473 g/mol. The lowest BCUT2D eigenvalue weighted by Crippen LogP contribution is -2.43. The molecule has 0 spiro atoms. The highest BCUT2D eigenvalue weighted by Gasteiger charge is 2.30. The number of halogens is 2. The Balaban J connectivity index is 1.59. The number of benzene rings is 1. The van der Waals surface area contributed by atoms with Crippen LogP contribution in [0.4, 0.5) is 10.3 Å². The van der Waals surface area contributed by atoms with E-state index in [1.807, 2.05) is 31.9 Å². The lowest BCUT2D eigenvalue weighted by Gasteiger charge is -2.36. The number of morpholine rings is 1. The second kappa shape index (κ2) is 9.44. The fourth-order valence-electron chi connectivity index (χ4n) is 4.16. The molecule has 0 aliphatic carbocycles. The van der Waals surface area contributed by atoms with E-state index >= 15 is 0 Å². The molecule has 1 aromatic carbocycles. The van der Waals surface area contributed by atoms with Gasteiger partial charge in [0.25, 0.3) is 0 Å². The van der Waals surface area contributed by atoms with Crippen molar-refractivity contribution in [3.8, 4) is 11.3 Å². The van der Waals surface area contributed by atoms with Crippen molar-refractivity contribution in [1.29, 1.82) is 0 Å². The summed E-state index contributed by atoms with van der Waals surface area (Å²) in [6.07, 6.45) is 3.33. The van der Waals surface area contributed by atoms with Crippen molar-refractivity contribution < 1.29 is 13.9 Å². The Morgan fingerprint density at radius 1 is 1.14 bits per heavy atom. The van der Waals surface area contributed by atoms with Crippen LogP contribution in [0.25, 0.3) is 22.4 Å². The molecule has 0 amide bonds. The number of hydrogen-bond donors (Lipinski definition) is 0. The Hall–Kier alpha value is -3.21. The van der Waals surface area contributed by atoms with Crippen molar-refractivity contribution in [2.24, 2.45) is 0 Å². The maximum Gasteiger partial charge on any atom is 0.228 e. The van der Waals surface area contributed by atoms with Gasteiger partial charge in [0, 0.05) is 36.0 Å². The molecule has 4 aromatic rings. The molecule has 2 atom stereocenters. The first-order valence-electron chi connectivity index (χ1n) is 11.2. The largest absolute Gasteiger partial charge is 0.367 e. The quantitative estimate of drug-likeness (QED) is 0.404. The van der Waals surface area contributed by atoms with E-state index in [1.165, 1.54) is 6.07 Å². The van der Waals surface area contributed by atoms with E-state index in [2.05, 4.69) is 15.1 Å². The summed E-state index contributed by atoms with van der Waals surface area (Å²) in [7, 11) is 1.62. The summed E-state index contributed by atoms with van der Waals surface area (Å²) >= 11 is 6.00. The summed E-state index contributed by atoms with van der Waals surface area (Å²) in [5.41, 5.74) is 3.93. The molecule has 4 heterocycles. The fraction of sp³-hybridized carbons (Fsp3) is 0.375. The molecule has 35 heavy (non-hydrogen) atoms. The van der Waals surface area contributed by atoms with Crippen LogP contribution in [0.5, 0.6) is 0 Å². The van der Waals surface area contributed by atoms with Crippen LogP contribution in [0.2, 0.25) is 5.02 Å². The van der Waals surface area contributed by atoms with Gasteiger partial charge in [-0.1, -0.05) is 11.6 Å². The molecule has 0 saturated carbocycles. The van der Waals surface area contributed by atoms with Gasteiger partial charge in [-0.05, 0) is 39.0 Å². The van der Waals surface area contributed by atoms with E-state index < -0.39 is 5.82 Å². The molecule has 1 aliphatic rings. The van der Waals surface area contributed by atoms with Gasteiger partial charge in [-0.2, -0.15) is 10.1 Å². The molecule has 0 radical (unpaired) electrons. The SMILES string of the molecule is COCn1cc(C2CN(c3nc(-c4ccc(Cl)cc4F)c4nc(C)c(C)nc4n3)CC(C)O2)cn1. The van der Waals surface area contributed by atoms with Gasteiger partial charge in [0.05, 0.1) is 30.2 Å². The van der Waals surface area contributed by atoms with Gasteiger partial charge in [0.2, 0.25) is 5.95 Å². The van der Waals surface area contributed by atoms with E-state index in [1.54, 1.807) is 30.1 Å². The summed E-state index contributed by atoms with van der Waals surface area (Å²) < 4.78 is 28.0. The smallest absolute Gasteiger partial charge is 0.228 e. The summed E-state index contributed by atoms with van der Waals surface area (Å²) in [6, 6.07) is 4.51. The number of aryl methyl sites for hydroxylation is 2. The third-order valence-electron chi connectivity index (χ3n) is 5.95. The third-order valence-corrected chi connectivity index (χ3v) is 6.18. The number of rotatable bonds is 5. The van der Waals surface area contributed by atoms with Crippen molar-refractivity contribution >= 4 is 28.7 Å². The number of hydrogen-bond acceptors (Lipinski definition) is 8. The average molecular weight is 498 g/mol. The monoisotopic (exact) mass is 497 g/mol. The summed E-state index contributed by atoms with van der Waals surface area (Å²) in [4.78, 5) is 20.8. The molecule has 1 fully saturated rings. The minimum absolute atomic E-state index is 0.0969. The average Bonchev–Trinajstić information content (AvgIpc) is 3.28. The highest BCUT2D eigenvalue weighted by Crippen LogP contribution is 2.32. The molecule has 2 unspecified atom stereocenters. The van der Waals surface area contributed by atoms with Gasteiger partial charge in [-0.25, -0.2) is 24.0 Å². The van der Waals surface area contributed by atoms with Gasteiger partial charge in [0.1, 0.15) is 29.9 Å². The number of methoxy groups -OCH3 is 1. The van der Waals surface area contributed by atoms with Crippen LogP contribution >= 0.6 is 11.6 Å². The summed E-state index contributed by atoms with van der Waals surface area (Å²) in [6.45, 7) is 7.14. The van der Waals surface area contributed by atoms with E-state index in [4.69, 9.17) is 31.0 Å². The highest BCUT2D eigenvalue weighted by molar-refractivity contribution is 6.30. The normalized spacial score (nSPS) is 18.4. The van der Waals surface area contributed by atoms with Crippen LogP contribution in [-0.2, 0) is 16.2 Å². The van der Waals surface area contributed by atoms with Crippen LogP contribution in [0.1, 0.15) is 30.0 Å². The second-order valence-electron chi connectivity index (χ2n) is 8.63. The number of aromatic nitrogens is 6. The molecule has 0 N–H and O–H groups in total. The topological polar surface area (TPSA) is 91.1 Å². The molecule has 1 aliphatic heterocycles. The predicted molar refractivity (Wildman–Crippen MR) is 130 cm³/mol. The lowest BCUT2D eigenvalue weighted by molar-refractivity contribution is -0.0179. The van der Waals surface area contributed by atoms with Gasteiger partial charge < -0.3 is 14.4 Å². The zero-order chi connectivity index (χ0) is 24.7. The predicted octanol–water partition coefficient (Wildman–Crippen LogP) is 4.26. The second-order valence-corrected chi connectivity index (χ2v) is 9.07. The van der Waals surface area contributed by atoms with Crippen LogP contribution < -0.4 is 4.90 Å². The zero-order valence-electron chi connectivity index (χ0n) is 19.9. The van der Waals surface area contributed by atoms with Crippen molar-refractivity contribution in [2.45, 2.75) is 39.7 Å². The maximum absolute atomic E-state index is 15.0. The Labute approximate surface area is 206 Å². The van der Waals surface area contributed by atoms with Crippen LogP contribution in [0, 0.1) is 19.7 Å². The lowest BCUT2D eigenvalue weighted by atomic mass is 10.1. The van der Waals surface area contributed by atoms with E-state index in [0.29, 0.717) is 53.2 Å². The molecule has 11 heteroatoms. The molecule has 9 nitrogen and oxygen atoms in total. The van der Waals surface area contributed by atoms with Gasteiger partial charge in [-0.3, -0.25) is 0 Å². The molecule has 5 rings (SSSR count). The number of fused-ring (bicyclic) bond motifs is 1. The summed E-state index contributed by atoms with van der Waals surface area (Å²) in [5, 5.41) is 4.63. The number of nitrogens with zero attached hydrogens (tertiary/aromatic N) is 7. The molecule has 0 bridgehead atoms. The van der Waals surface area contributed by atoms with Gasteiger partial charge in [0.15, 0.2) is 5.65 Å². The number of ether oxygens (including phenoxy) is 2. The van der Waals surface area contributed by atoms with Gasteiger partial charge in [-0.15, -0.1) is 0 Å². The van der Waals surface area contributed by atoms with Crippen molar-refractivity contribution in [3.63, 3.8) is 0 Å². The highest BCUT2D eigenvalue weighted by atomic mass is 35.5. The minimum Gasteiger partial charge on any atom is -0.367 e. The van der Waals surface area contributed by atoms with Crippen molar-refractivity contribution in [1.82, 2.24) is 29.7 Å². The molecule has 182 valence electrons. The maximum atomic E-state index is 15.0. The Morgan fingerprint density at radius 3 is 2.71 bits per heavy atom. The fourth-order valence-corrected chi connectivity index (χ4v) is 4.32. The Bertz CT molecular complexity index is 1400. The zero-order valence-corrected chi connectivity index (χ0v) is 20.6. The third kappa shape index (κ3) is 4.69. The number of anilines is 1. The van der Waals surface area contributed by atoms with Crippen molar-refractivity contribution in [2.75, 3.05) is 25.1 Å². The summed E-state index contributed by atoms with van der Waals surface area (Å²) in [5.74, 6) is -0.0499. The van der Waals surface area contributed by atoms with Crippen LogP contribution in [0.15, 0.2) is 30.6 Å². The van der Waals surface area contributed by atoms with Gasteiger partial charge >= 0.3 is 0 Å². The first-order valence-corrected chi connectivity index (χ1v) is 11.6. The van der Waals surface area contributed by atoms with Crippen molar-refractivity contribution in [3.05, 3.63) is 58.4 Å². The van der Waals surface area contributed by atoms with E-state index in [-0.39, 0.29) is 12.2 Å². The first-order chi connectivity index (χ1) is 16.8. The van der Waals surface area contributed by atoms with E-state index in [0.717, 1.165) is 17.0 Å². The Morgan fingerprint density at radius 2 is 1.94 bits per heavy atom.